The molecule has 0 aromatic heterocycles. The highest BCUT2D eigenvalue weighted by Gasteiger charge is 2.30. The van der Waals surface area contributed by atoms with Gasteiger partial charge >= 0.3 is 0 Å². The van der Waals surface area contributed by atoms with E-state index < -0.39 is 0 Å². The van der Waals surface area contributed by atoms with E-state index in [0.717, 1.165) is 26.2 Å². The van der Waals surface area contributed by atoms with Gasteiger partial charge in [-0.2, -0.15) is 0 Å². The summed E-state index contributed by atoms with van der Waals surface area (Å²) in [6.45, 7) is 9.25. The van der Waals surface area contributed by atoms with Crippen LogP contribution < -0.4 is 11.1 Å². The topological polar surface area (TPSA) is 61.6 Å². The summed E-state index contributed by atoms with van der Waals surface area (Å²) in [5.41, 5.74) is 5.81. The summed E-state index contributed by atoms with van der Waals surface area (Å²) in [6, 6.07) is 0.809. The lowest BCUT2D eigenvalue weighted by atomic mass is 10.1. The lowest BCUT2D eigenvalue weighted by Crippen LogP contribution is -2.44. The number of rotatable bonds is 7. The number of nitrogens with one attached hydrogen (secondary N) is 1. The van der Waals surface area contributed by atoms with Crippen molar-refractivity contribution < 1.29 is 4.79 Å². The van der Waals surface area contributed by atoms with Gasteiger partial charge in [0.1, 0.15) is 0 Å². The number of carbonyl (C=O) groups is 1. The van der Waals surface area contributed by atoms with Gasteiger partial charge in [0.05, 0.1) is 0 Å². The van der Waals surface area contributed by atoms with Crippen LogP contribution in [0.2, 0.25) is 0 Å². The van der Waals surface area contributed by atoms with Crippen molar-refractivity contribution >= 4 is 5.91 Å². The van der Waals surface area contributed by atoms with Crippen LogP contribution in [0.15, 0.2) is 0 Å². The summed E-state index contributed by atoms with van der Waals surface area (Å²) in [6.07, 6.45) is 1.70. The summed E-state index contributed by atoms with van der Waals surface area (Å²) in [7, 11) is 1.68. The average molecular weight is 256 g/mol. The van der Waals surface area contributed by atoms with Crippen LogP contribution in [0.4, 0.5) is 0 Å². The fourth-order valence-electron chi connectivity index (χ4n) is 2.82. The molecule has 5 heteroatoms. The Bertz CT molecular complexity index is 255. The van der Waals surface area contributed by atoms with E-state index in [1.165, 1.54) is 6.42 Å². The van der Waals surface area contributed by atoms with Crippen LogP contribution in [0.25, 0.3) is 0 Å². The zero-order chi connectivity index (χ0) is 13.5. The minimum atomic E-state index is 0.0803. The molecule has 18 heavy (non-hydrogen) atoms. The molecule has 1 saturated heterocycles. The maximum atomic E-state index is 11.5. The van der Waals surface area contributed by atoms with Gasteiger partial charge in [0.25, 0.3) is 0 Å². The molecule has 0 aliphatic carbocycles. The van der Waals surface area contributed by atoms with Crippen molar-refractivity contribution in [3.63, 3.8) is 0 Å². The van der Waals surface area contributed by atoms with Gasteiger partial charge in [-0.15, -0.1) is 0 Å². The lowest BCUT2D eigenvalue weighted by Gasteiger charge is -2.29. The highest BCUT2D eigenvalue weighted by atomic mass is 16.1. The Labute approximate surface area is 111 Å². The largest absolute Gasteiger partial charge is 0.359 e. The average Bonchev–Trinajstić information content (AvgIpc) is 2.86. The molecule has 0 radical (unpaired) electrons. The van der Waals surface area contributed by atoms with E-state index >= 15 is 0 Å². The number of nitrogens with zero attached hydrogens (tertiary/aromatic N) is 2. The first-order chi connectivity index (χ1) is 8.65. The molecule has 1 fully saturated rings. The van der Waals surface area contributed by atoms with Gasteiger partial charge in [-0.1, -0.05) is 13.8 Å². The number of nitrogens with two attached hydrogens (primary N) is 1. The normalized spacial score (nSPS) is 22.4. The number of amides is 1. The van der Waals surface area contributed by atoms with Crippen LogP contribution >= 0.6 is 0 Å². The van der Waals surface area contributed by atoms with Crippen molar-refractivity contribution in [3.8, 4) is 0 Å². The van der Waals surface area contributed by atoms with E-state index in [-0.39, 0.29) is 11.9 Å². The van der Waals surface area contributed by atoms with Gasteiger partial charge in [0.15, 0.2) is 0 Å². The van der Waals surface area contributed by atoms with E-state index in [4.69, 9.17) is 5.73 Å². The van der Waals surface area contributed by atoms with Crippen molar-refractivity contribution in [2.24, 2.45) is 5.73 Å². The molecule has 0 spiro atoms. The minimum absolute atomic E-state index is 0.0803. The molecule has 0 saturated carbocycles. The number of likely N-dealkylation sites (N-methyl/N-ethyl adjacent to an activating group) is 1. The highest BCUT2D eigenvalue weighted by Crippen LogP contribution is 2.18. The van der Waals surface area contributed by atoms with Gasteiger partial charge in [-0.3, -0.25) is 14.6 Å². The van der Waals surface area contributed by atoms with Crippen molar-refractivity contribution in [2.45, 2.75) is 38.8 Å². The molecule has 1 heterocycles. The van der Waals surface area contributed by atoms with Gasteiger partial charge < -0.3 is 11.1 Å². The maximum Gasteiger partial charge on any atom is 0.221 e. The number of likely N-dealkylation sites (tertiary alicyclic amines) is 1. The summed E-state index contributed by atoms with van der Waals surface area (Å²) in [5.74, 6) is 0.0803. The van der Waals surface area contributed by atoms with Crippen molar-refractivity contribution in [1.29, 1.82) is 0 Å². The Morgan fingerprint density at radius 1 is 1.50 bits per heavy atom. The highest BCUT2D eigenvalue weighted by molar-refractivity contribution is 5.76. The SMILES string of the molecule is CCN(CC)C1CCN(C(CN)CC(=O)NC)C1. The summed E-state index contributed by atoms with van der Waals surface area (Å²) < 4.78 is 0. The van der Waals surface area contributed by atoms with Crippen molar-refractivity contribution in [1.82, 2.24) is 15.1 Å². The molecule has 3 N–H and O–H groups in total. The van der Waals surface area contributed by atoms with E-state index in [1.54, 1.807) is 7.05 Å². The Morgan fingerprint density at radius 2 is 2.17 bits per heavy atom. The first kappa shape index (κ1) is 15.4. The fourth-order valence-corrected chi connectivity index (χ4v) is 2.82. The van der Waals surface area contributed by atoms with Gasteiger partial charge in [0, 0.05) is 45.2 Å². The molecule has 5 nitrogen and oxygen atoms in total. The smallest absolute Gasteiger partial charge is 0.221 e. The van der Waals surface area contributed by atoms with Crippen LogP contribution in [0.1, 0.15) is 26.7 Å². The number of hydrogen-bond acceptors (Lipinski definition) is 4. The van der Waals surface area contributed by atoms with E-state index in [0.29, 0.717) is 19.0 Å². The number of hydrogen-bond donors (Lipinski definition) is 2. The standard InChI is InChI=1S/C13H28N4O/c1-4-16(5-2)11-6-7-17(10-11)12(9-14)8-13(18)15-3/h11-12H,4-10,14H2,1-3H3,(H,15,18). The van der Waals surface area contributed by atoms with Crippen LogP contribution in [0.5, 0.6) is 0 Å². The molecule has 1 rings (SSSR count). The molecule has 1 aliphatic heterocycles. The molecular formula is C13H28N4O. The minimum Gasteiger partial charge on any atom is -0.359 e. The molecule has 0 bridgehead atoms. The van der Waals surface area contributed by atoms with Crippen LogP contribution in [0.3, 0.4) is 0 Å². The monoisotopic (exact) mass is 256 g/mol. The van der Waals surface area contributed by atoms with Gasteiger partial charge in [-0.05, 0) is 19.5 Å². The first-order valence-electron chi connectivity index (χ1n) is 7.04. The third-order valence-electron chi connectivity index (χ3n) is 4.01. The van der Waals surface area contributed by atoms with Gasteiger partial charge in [0.2, 0.25) is 5.91 Å². The molecule has 2 atom stereocenters. The summed E-state index contributed by atoms with van der Waals surface area (Å²) in [4.78, 5) is 16.3. The van der Waals surface area contributed by atoms with Crippen LogP contribution in [-0.2, 0) is 4.79 Å². The lowest BCUT2D eigenvalue weighted by molar-refractivity contribution is -0.121. The Morgan fingerprint density at radius 3 is 2.67 bits per heavy atom. The predicted octanol–water partition coefficient (Wildman–Crippen LogP) is -0.134. The second-order valence-corrected chi connectivity index (χ2v) is 4.93. The van der Waals surface area contributed by atoms with Crippen LogP contribution in [-0.4, -0.2) is 67.6 Å². The molecule has 0 aromatic rings. The van der Waals surface area contributed by atoms with E-state index in [9.17, 15) is 4.79 Å². The molecule has 1 amide bonds. The molecule has 1 aliphatic rings. The summed E-state index contributed by atoms with van der Waals surface area (Å²) >= 11 is 0. The molecular weight excluding hydrogens is 228 g/mol. The van der Waals surface area contributed by atoms with E-state index in [2.05, 4.69) is 29.0 Å². The van der Waals surface area contributed by atoms with Crippen molar-refractivity contribution in [3.05, 3.63) is 0 Å². The molecule has 106 valence electrons. The predicted molar refractivity (Wildman–Crippen MR) is 74.4 cm³/mol. The van der Waals surface area contributed by atoms with Crippen molar-refractivity contribution in [2.75, 3.05) is 39.8 Å². The maximum absolute atomic E-state index is 11.5. The van der Waals surface area contributed by atoms with Crippen LogP contribution in [0, 0.1) is 0 Å². The second-order valence-electron chi connectivity index (χ2n) is 4.93. The third-order valence-corrected chi connectivity index (χ3v) is 4.01. The van der Waals surface area contributed by atoms with Gasteiger partial charge in [-0.25, -0.2) is 0 Å². The number of carbonyl (C=O) groups excluding carboxylic acids is 1. The zero-order valence-corrected chi connectivity index (χ0v) is 12.0. The molecule has 2 unspecified atom stereocenters. The fraction of sp³-hybridized carbons (Fsp3) is 0.923. The molecule has 0 aromatic carbocycles. The quantitative estimate of drug-likeness (QED) is 0.666. The third kappa shape index (κ3) is 3.93. The Kier molecular flexibility index (Phi) is 6.60. The zero-order valence-electron chi connectivity index (χ0n) is 12.0. The Hall–Kier alpha value is -0.650. The van der Waals surface area contributed by atoms with E-state index in [1.807, 2.05) is 0 Å². The summed E-state index contributed by atoms with van der Waals surface area (Å²) in [5, 5.41) is 2.68. The first-order valence-corrected chi connectivity index (χ1v) is 7.04. The Balaban J connectivity index is 2.50. The second kappa shape index (κ2) is 7.71.